The Kier molecular flexibility index (Phi) is 7.42. The summed E-state index contributed by atoms with van der Waals surface area (Å²) in [4.78, 5) is 48.0. The Labute approximate surface area is 203 Å². The molecule has 1 atom stereocenters. The summed E-state index contributed by atoms with van der Waals surface area (Å²) in [5.74, 6) is -1.80. The van der Waals surface area contributed by atoms with Crippen LogP contribution in [0.15, 0.2) is 15.3 Å². The van der Waals surface area contributed by atoms with Gasteiger partial charge in [0.05, 0.1) is 11.9 Å². The lowest BCUT2D eigenvalue weighted by atomic mass is 9.92. The third kappa shape index (κ3) is 5.75. The molecular formula is C25H32N2O8. The summed E-state index contributed by atoms with van der Waals surface area (Å²) in [6.07, 6.45) is 1.41. The van der Waals surface area contributed by atoms with E-state index in [2.05, 4.69) is 10.6 Å². The minimum Gasteiger partial charge on any atom is -0.487 e. The fraction of sp³-hybridized carbons (Fsp3) is 0.520. The zero-order chi connectivity index (χ0) is 26.1. The number of hydrogen-bond acceptors (Lipinski definition) is 7. The molecule has 0 spiro atoms. The van der Waals surface area contributed by atoms with E-state index in [1.165, 1.54) is 0 Å². The highest BCUT2D eigenvalue weighted by molar-refractivity contribution is 5.93. The average molecular weight is 489 g/mol. The van der Waals surface area contributed by atoms with Crippen molar-refractivity contribution in [3.63, 3.8) is 0 Å². The van der Waals surface area contributed by atoms with Gasteiger partial charge in [-0.15, -0.1) is 0 Å². The van der Waals surface area contributed by atoms with Gasteiger partial charge in [-0.25, -0.2) is 9.59 Å². The highest BCUT2D eigenvalue weighted by Crippen LogP contribution is 2.43. The Morgan fingerprint density at radius 3 is 2.49 bits per heavy atom. The van der Waals surface area contributed by atoms with Crippen molar-refractivity contribution in [1.29, 1.82) is 0 Å². The van der Waals surface area contributed by atoms with E-state index < -0.39 is 48.2 Å². The van der Waals surface area contributed by atoms with Crippen molar-refractivity contribution in [3.8, 4) is 11.5 Å². The number of rotatable bonds is 8. The molecule has 1 aromatic carbocycles. The number of nitrogens with one attached hydrogen (secondary N) is 2. The van der Waals surface area contributed by atoms with Gasteiger partial charge in [0.2, 0.25) is 5.91 Å². The number of carbonyl (C=O) groups excluding carboxylic acids is 2. The van der Waals surface area contributed by atoms with Crippen LogP contribution in [0.5, 0.6) is 11.5 Å². The van der Waals surface area contributed by atoms with Gasteiger partial charge in [0, 0.05) is 17.2 Å². The molecule has 2 aromatic rings. The molecule has 3 rings (SSSR count). The lowest BCUT2D eigenvalue weighted by Gasteiger charge is -2.33. The van der Waals surface area contributed by atoms with Crippen LogP contribution in [0, 0.1) is 19.8 Å². The third-order valence-corrected chi connectivity index (χ3v) is 6.16. The second kappa shape index (κ2) is 9.97. The number of amides is 2. The maximum atomic E-state index is 12.4. The summed E-state index contributed by atoms with van der Waals surface area (Å²) >= 11 is 0. The second-order valence-corrected chi connectivity index (χ2v) is 9.75. The molecule has 3 N–H and O–H groups in total. The minimum atomic E-state index is -1.15. The van der Waals surface area contributed by atoms with Gasteiger partial charge in [-0.1, -0.05) is 13.8 Å². The van der Waals surface area contributed by atoms with E-state index in [4.69, 9.17) is 13.9 Å². The van der Waals surface area contributed by atoms with Crippen LogP contribution >= 0.6 is 0 Å². The molecule has 10 heteroatoms. The van der Waals surface area contributed by atoms with E-state index in [1.54, 1.807) is 33.8 Å². The number of fused-ring (bicyclic) bond motifs is 3. The van der Waals surface area contributed by atoms with E-state index in [0.717, 1.165) is 12.0 Å². The summed E-state index contributed by atoms with van der Waals surface area (Å²) in [7, 11) is 0. The molecule has 2 amide bonds. The zero-order valence-electron chi connectivity index (χ0n) is 20.9. The molecule has 1 aromatic heterocycles. The first kappa shape index (κ1) is 26.1. The van der Waals surface area contributed by atoms with Gasteiger partial charge in [0.15, 0.2) is 6.61 Å². The minimum absolute atomic E-state index is 0.313. The normalized spacial score (nSPS) is 15.2. The SMILES string of the molecule is Cc1c(C)c2c(OCC(=O)NCC(=O)NC(C(=O)O)C(C)C)cc3c(c2oc1=O)CCC(C)(C)O3. The summed E-state index contributed by atoms with van der Waals surface area (Å²) in [5.41, 5.74) is 1.45. The maximum Gasteiger partial charge on any atom is 0.339 e. The van der Waals surface area contributed by atoms with Gasteiger partial charge in [-0.3, -0.25) is 9.59 Å². The highest BCUT2D eigenvalue weighted by atomic mass is 16.5. The van der Waals surface area contributed by atoms with Gasteiger partial charge in [0.1, 0.15) is 28.7 Å². The fourth-order valence-corrected chi connectivity index (χ4v) is 3.96. The van der Waals surface area contributed by atoms with Crippen molar-refractivity contribution in [2.45, 2.75) is 66.0 Å². The summed E-state index contributed by atoms with van der Waals surface area (Å²) in [6.45, 7) is 9.92. The van der Waals surface area contributed by atoms with E-state index in [1.807, 2.05) is 13.8 Å². The number of ether oxygens (including phenoxy) is 2. The predicted octanol–water partition coefficient (Wildman–Crippen LogP) is 2.23. The molecule has 0 radical (unpaired) electrons. The van der Waals surface area contributed by atoms with E-state index in [-0.39, 0.29) is 5.92 Å². The van der Waals surface area contributed by atoms with Gasteiger partial charge in [-0.2, -0.15) is 0 Å². The van der Waals surface area contributed by atoms with Crippen LogP contribution < -0.4 is 25.7 Å². The van der Waals surface area contributed by atoms with Crippen LogP contribution in [-0.4, -0.2) is 47.7 Å². The van der Waals surface area contributed by atoms with Crippen LogP contribution in [-0.2, 0) is 20.8 Å². The molecule has 0 saturated heterocycles. The Balaban J connectivity index is 1.78. The fourth-order valence-electron chi connectivity index (χ4n) is 3.96. The van der Waals surface area contributed by atoms with Crippen LogP contribution in [0.25, 0.3) is 11.0 Å². The number of carbonyl (C=O) groups is 3. The first-order valence-corrected chi connectivity index (χ1v) is 11.5. The molecule has 0 fully saturated rings. The van der Waals surface area contributed by atoms with Crippen LogP contribution in [0.3, 0.4) is 0 Å². The predicted molar refractivity (Wildman–Crippen MR) is 128 cm³/mol. The van der Waals surface area contributed by atoms with Crippen LogP contribution in [0.4, 0.5) is 0 Å². The number of aryl methyl sites for hydroxylation is 2. The van der Waals surface area contributed by atoms with Crippen LogP contribution in [0.2, 0.25) is 0 Å². The molecule has 2 heterocycles. The summed E-state index contributed by atoms with van der Waals surface area (Å²) < 4.78 is 17.5. The van der Waals surface area contributed by atoms with Gasteiger partial charge < -0.3 is 29.6 Å². The Morgan fingerprint density at radius 1 is 1.17 bits per heavy atom. The van der Waals surface area contributed by atoms with Crippen LogP contribution in [0.1, 0.15) is 50.8 Å². The van der Waals surface area contributed by atoms with E-state index in [9.17, 15) is 24.3 Å². The molecule has 0 aliphatic carbocycles. The van der Waals surface area contributed by atoms with Crippen molar-refractivity contribution in [3.05, 3.63) is 33.2 Å². The third-order valence-electron chi connectivity index (χ3n) is 6.16. The van der Waals surface area contributed by atoms with Crippen molar-refractivity contribution in [2.24, 2.45) is 5.92 Å². The Morgan fingerprint density at radius 2 is 1.86 bits per heavy atom. The van der Waals surface area contributed by atoms with E-state index in [0.29, 0.717) is 40.0 Å². The standard InChI is InChI=1S/C25H32N2O8/c1-12(2)21(23(30)31)27-18(28)10-26-19(29)11-33-17-9-16-15(7-8-25(5,6)35-16)22-20(17)13(3)14(4)24(32)34-22/h9,12,21H,7-8,10-11H2,1-6H3,(H,26,29)(H,27,28)(H,30,31). The Bertz CT molecular complexity index is 1230. The topological polar surface area (TPSA) is 144 Å². The monoisotopic (exact) mass is 488 g/mol. The van der Waals surface area contributed by atoms with Crippen molar-refractivity contribution < 1.29 is 33.4 Å². The maximum absolute atomic E-state index is 12.4. The first-order valence-electron chi connectivity index (χ1n) is 11.5. The highest BCUT2D eigenvalue weighted by Gasteiger charge is 2.31. The number of hydrogen-bond donors (Lipinski definition) is 3. The number of benzene rings is 1. The molecule has 1 unspecified atom stereocenters. The number of carboxylic acid groups (broad SMARTS) is 1. The summed E-state index contributed by atoms with van der Waals surface area (Å²) in [5, 5.41) is 14.6. The van der Waals surface area contributed by atoms with Crippen molar-refractivity contribution >= 4 is 28.8 Å². The van der Waals surface area contributed by atoms with Gasteiger partial charge >= 0.3 is 11.6 Å². The molecule has 10 nitrogen and oxygen atoms in total. The van der Waals surface area contributed by atoms with Gasteiger partial charge in [-0.05, 0) is 52.0 Å². The number of aliphatic carboxylic acids is 1. The largest absolute Gasteiger partial charge is 0.487 e. The van der Waals surface area contributed by atoms with Gasteiger partial charge in [0.25, 0.3) is 5.91 Å². The molecule has 0 saturated carbocycles. The Hall–Kier alpha value is -3.56. The first-order chi connectivity index (χ1) is 16.3. The average Bonchev–Trinajstić information content (AvgIpc) is 2.76. The molecule has 35 heavy (non-hydrogen) atoms. The quantitative estimate of drug-likeness (QED) is 0.480. The van der Waals surface area contributed by atoms with Crippen molar-refractivity contribution in [2.75, 3.05) is 13.2 Å². The molecular weight excluding hydrogens is 456 g/mol. The van der Waals surface area contributed by atoms with Crippen molar-refractivity contribution in [1.82, 2.24) is 10.6 Å². The molecule has 190 valence electrons. The second-order valence-electron chi connectivity index (χ2n) is 9.75. The van der Waals surface area contributed by atoms with E-state index >= 15 is 0 Å². The smallest absolute Gasteiger partial charge is 0.339 e. The number of carboxylic acids is 1. The summed E-state index contributed by atoms with van der Waals surface area (Å²) in [6, 6.07) is 0.646. The lowest BCUT2D eigenvalue weighted by Crippen LogP contribution is -2.48. The zero-order valence-corrected chi connectivity index (χ0v) is 20.9. The molecule has 0 bridgehead atoms. The molecule has 1 aliphatic rings. The lowest BCUT2D eigenvalue weighted by molar-refractivity contribution is -0.143. The molecule has 1 aliphatic heterocycles.